The highest BCUT2D eigenvalue weighted by molar-refractivity contribution is 5.68. The van der Waals surface area contributed by atoms with Gasteiger partial charge in [-0.25, -0.2) is 0 Å². The summed E-state index contributed by atoms with van der Waals surface area (Å²) in [7, 11) is 0. The van der Waals surface area contributed by atoms with Gasteiger partial charge in [0.05, 0.1) is 17.8 Å². The molecule has 0 spiro atoms. The minimum Gasteiger partial charge on any atom is -0.484 e. The van der Waals surface area contributed by atoms with Crippen molar-refractivity contribution < 1.29 is 33.1 Å². The van der Waals surface area contributed by atoms with Crippen LogP contribution in [0.1, 0.15) is 23.1 Å². The van der Waals surface area contributed by atoms with E-state index in [1.54, 1.807) is 18.2 Å². The Labute approximate surface area is 191 Å². The molecule has 0 bridgehead atoms. The van der Waals surface area contributed by atoms with Gasteiger partial charge in [0.15, 0.2) is 18.1 Å². The number of quaternary nitrogens is 1. The quantitative estimate of drug-likeness (QED) is 0.472. The second-order valence-electron chi connectivity index (χ2n) is 7.89. The number of halogens is 3. The molecule has 0 aromatic heterocycles. The van der Waals surface area contributed by atoms with Gasteiger partial charge in [0.2, 0.25) is 0 Å². The van der Waals surface area contributed by atoms with E-state index >= 15 is 0 Å². The fourth-order valence-electron chi connectivity index (χ4n) is 3.92. The third kappa shape index (κ3) is 7.27. The van der Waals surface area contributed by atoms with Gasteiger partial charge in [-0.2, -0.15) is 18.4 Å². The molecule has 0 amide bonds. The third-order valence-electron chi connectivity index (χ3n) is 5.38. The molecule has 6 nitrogen and oxygen atoms in total. The molecule has 0 fully saturated rings. The van der Waals surface area contributed by atoms with E-state index in [1.165, 1.54) is 11.6 Å². The number of aliphatic hydroxyl groups excluding tert-OH is 1. The number of ether oxygens (including phenoxy) is 2. The Hall–Kier alpha value is -2.96. The van der Waals surface area contributed by atoms with E-state index < -0.39 is 12.8 Å². The summed E-state index contributed by atoms with van der Waals surface area (Å²) in [5.74, 6) is 0.364. The van der Waals surface area contributed by atoms with Crippen molar-refractivity contribution >= 4 is 5.69 Å². The number of nitrogens with zero attached hydrogens (tertiary/aromatic N) is 2. The van der Waals surface area contributed by atoms with Gasteiger partial charge >= 0.3 is 6.18 Å². The van der Waals surface area contributed by atoms with Crippen molar-refractivity contribution in [2.75, 3.05) is 50.9 Å². The molecule has 2 aromatic rings. The van der Waals surface area contributed by atoms with Crippen LogP contribution in [0, 0.1) is 11.3 Å². The molecule has 3 N–H and O–H groups in total. The summed E-state index contributed by atoms with van der Waals surface area (Å²) in [6.45, 7) is 2.16. The van der Waals surface area contributed by atoms with Crippen molar-refractivity contribution in [3.8, 4) is 17.6 Å². The van der Waals surface area contributed by atoms with Crippen LogP contribution in [0.3, 0.4) is 0 Å². The van der Waals surface area contributed by atoms with E-state index in [0.29, 0.717) is 25.1 Å². The third-order valence-corrected chi connectivity index (χ3v) is 5.38. The van der Waals surface area contributed by atoms with E-state index in [2.05, 4.69) is 22.4 Å². The van der Waals surface area contributed by atoms with E-state index in [-0.39, 0.29) is 18.1 Å². The zero-order chi connectivity index (χ0) is 23.7. The van der Waals surface area contributed by atoms with Crippen molar-refractivity contribution in [1.82, 2.24) is 0 Å². The highest BCUT2D eigenvalue weighted by Gasteiger charge is 2.29. The van der Waals surface area contributed by atoms with Crippen LogP contribution in [-0.2, 0) is 12.8 Å². The second-order valence-corrected chi connectivity index (χ2v) is 7.89. The van der Waals surface area contributed by atoms with Crippen molar-refractivity contribution in [2.45, 2.75) is 25.4 Å². The van der Waals surface area contributed by atoms with Crippen molar-refractivity contribution in [1.29, 1.82) is 5.26 Å². The van der Waals surface area contributed by atoms with Gasteiger partial charge in [-0.3, -0.25) is 0 Å². The van der Waals surface area contributed by atoms with Gasteiger partial charge < -0.3 is 24.8 Å². The van der Waals surface area contributed by atoms with Crippen LogP contribution < -0.4 is 19.7 Å². The van der Waals surface area contributed by atoms with E-state index in [0.717, 1.165) is 43.7 Å². The van der Waals surface area contributed by atoms with Gasteiger partial charge in [0.1, 0.15) is 19.2 Å². The molecule has 1 aliphatic heterocycles. The van der Waals surface area contributed by atoms with Gasteiger partial charge in [-0.15, -0.1) is 0 Å². The Balaban J connectivity index is 1.45. The number of fused-ring (bicyclic) bond motifs is 1. The van der Waals surface area contributed by atoms with Gasteiger partial charge in [0.25, 0.3) is 0 Å². The maximum atomic E-state index is 12.4. The Bertz CT molecular complexity index is 960. The lowest BCUT2D eigenvalue weighted by atomic mass is 10.0. The highest BCUT2D eigenvalue weighted by Crippen LogP contribution is 2.33. The van der Waals surface area contributed by atoms with Crippen LogP contribution in [0.4, 0.5) is 18.9 Å². The van der Waals surface area contributed by atoms with Crippen LogP contribution in [-0.4, -0.2) is 57.3 Å². The van der Waals surface area contributed by atoms with Gasteiger partial charge in [-0.05, 0) is 42.2 Å². The summed E-state index contributed by atoms with van der Waals surface area (Å²) >= 11 is 0. The van der Waals surface area contributed by atoms with Crippen LogP contribution in [0.25, 0.3) is 0 Å². The minimum atomic E-state index is -4.40. The number of benzene rings is 2. The lowest BCUT2D eigenvalue weighted by molar-refractivity contribution is -0.654. The first-order chi connectivity index (χ1) is 15.9. The summed E-state index contributed by atoms with van der Waals surface area (Å²) in [6, 6.07) is 12.7. The molecule has 9 heteroatoms. The molecule has 0 atom stereocenters. The molecular weight excluding hydrogens is 435 g/mol. The highest BCUT2D eigenvalue weighted by atomic mass is 19.4. The van der Waals surface area contributed by atoms with Crippen molar-refractivity contribution in [2.24, 2.45) is 0 Å². The molecule has 2 aromatic carbocycles. The lowest BCUT2D eigenvalue weighted by Crippen LogP contribution is -2.85. The largest absolute Gasteiger partial charge is 0.484 e. The first-order valence-electron chi connectivity index (χ1n) is 11.1. The SMILES string of the molecule is N#Cc1cc(CC[NH2+]CCOc2ccccc2OCC(F)(F)F)cc2c1N(CCCO)CC2. The topological polar surface area (TPSA) is 82.3 Å². The summed E-state index contributed by atoms with van der Waals surface area (Å²) in [6.07, 6.45) is -2.02. The molecule has 0 radical (unpaired) electrons. The normalized spacial score (nSPS) is 13.0. The fourth-order valence-corrected chi connectivity index (χ4v) is 3.92. The number of hydrogen-bond donors (Lipinski definition) is 2. The van der Waals surface area contributed by atoms with Gasteiger partial charge in [-0.1, -0.05) is 18.2 Å². The number of nitriles is 1. The number of alkyl halides is 3. The summed E-state index contributed by atoms with van der Waals surface area (Å²) < 4.78 is 47.6. The summed E-state index contributed by atoms with van der Waals surface area (Å²) in [4.78, 5) is 2.17. The zero-order valence-corrected chi connectivity index (χ0v) is 18.4. The first kappa shape index (κ1) is 24.7. The maximum Gasteiger partial charge on any atom is 0.422 e. The smallest absolute Gasteiger partial charge is 0.422 e. The van der Waals surface area contributed by atoms with Crippen molar-refractivity contribution in [3.05, 3.63) is 53.1 Å². The summed E-state index contributed by atoms with van der Waals surface area (Å²) in [5, 5.41) is 20.8. The van der Waals surface area contributed by atoms with Crippen molar-refractivity contribution in [3.63, 3.8) is 0 Å². The maximum absolute atomic E-state index is 12.4. The van der Waals surface area contributed by atoms with Crippen LogP contribution in [0.15, 0.2) is 36.4 Å². The average Bonchev–Trinajstić information content (AvgIpc) is 3.21. The Kier molecular flexibility index (Phi) is 8.80. The second kappa shape index (κ2) is 11.8. The summed E-state index contributed by atoms with van der Waals surface area (Å²) in [5.41, 5.74) is 3.97. The van der Waals surface area contributed by atoms with E-state index in [4.69, 9.17) is 14.6 Å². The van der Waals surface area contributed by atoms with Crippen LogP contribution in [0.5, 0.6) is 11.5 Å². The molecule has 0 aliphatic carbocycles. The number of aliphatic hydroxyl groups is 1. The molecular formula is C24H29F3N3O3+. The predicted octanol–water partition coefficient (Wildman–Crippen LogP) is 2.43. The number of para-hydroxylation sites is 2. The Morgan fingerprint density at radius 2 is 1.88 bits per heavy atom. The van der Waals surface area contributed by atoms with Crippen LogP contribution >= 0.6 is 0 Å². The number of anilines is 1. The molecule has 1 aliphatic rings. The average molecular weight is 465 g/mol. The molecule has 1 heterocycles. The molecule has 0 saturated carbocycles. The first-order valence-corrected chi connectivity index (χ1v) is 11.1. The molecule has 0 saturated heterocycles. The zero-order valence-electron chi connectivity index (χ0n) is 18.4. The minimum absolute atomic E-state index is 0.0741. The molecule has 178 valence electrons. The molecule has 3 rings (SSSR count). The Morgan fingerprint density at radius 3 is 2.58 bits per heavy atom. The number of hydrogen-bond acceptors (Lipinski definition) is 5. The molecule has 0 unspecified atom stereocenters. The fraction of sp³-hybridized carbons (Fsp3) is 0.458. The number of nitrogens with two attached hydrogens (primary N) is 1. The lowest BCUT2D eigenvalue weighted by Gasteiger charge is -2.20. The van der Waals surface area contributed by atoms with E-state index in [9.17, 15) is 18.4 Å². The molecule has 33 heavy (non-hydrogen) atoms. The monoisotopic (exact) mass is 464 g/mol. The number of rotatable bonds is 12. The Morgan fingerprint density at radius 1 is 1.12 bits per heavy atom. The van der Waals surface area contributed by atoms with Crippen LogP contribution in [0.2, 0.25) is 0 Å². The van der Waals surface area contributed by atoms with E-state index in [1.807, 2.05) is 6.07 Å². The predicted molar refractivity (Wildman–Crippen MR) is 118 cm³/mol. The van der Waals surface area contributed by atoms with Gasteiger partial charge in [0, 0.05) is 26.1 Å². The standard InChI is InChI=1S/C24H28F3N3O3/c25-24(26,27)17-33-22-5-2-1-4-21(22)32-13-9-29-8-6-18-14-19-7-11-30(10-3-12-31)23(19)20(15-18)16-28/h1-2,4-5,14-15,29,31H,3,6-13,17H2/p+1.